The van der Waals surface area contributed by atoms with Crippen LogP contribution >= 0.6 is 12.0 Å². The molecule has 0 radical (unpaired) electrons. The lowest BCUT2D eigenvalue weighted by atomic mass is 10.1. The lowest BCUT2D eigenvalue weighted by Crippen LogP contribution is -2.03. The van der Waals surface area contributed by atoms with E-state index < -0.39 is 0 Å². The molecule has 1 aliphatic rings. The van der Waals surface area contributed by atoms with Crippen LogP contribution in [0, 0.1) is 0 Å². The van der Waals surface area contributed by atoms with E-state index in [9.17, 15) is 4.79 Å². The standard InChI is InChI=1S/C7H12O2S/c1-2-3-4-6-5-7(8)10-9-6/h6H,2-5H2,1H3/t6-/m0/s1. The van der Waals surface area contributed by atoms with Gasteiger partial charge >= 0.3 is 0 Å². The normalized spacial score (nSPS) is 25.7. The predicted octanol–water partition coefficient (Wildman–Crippen LogP) is 2.14. The molecule has 10 heavy (non-hydrogen) atoms. The molecule has 1 heterocycles. The van der Waals surface area contributed by atoms with E-state index >= 15 is 0 Å². The molecule has 0 aromatic heterocycles. The van der Waals surface area contributed by atoms with Crippen LogP contribution < -0.4 is 0 Å². The molecule has 1 aliphatic heterocycles. The SMILES string of the molecule is CCCC[C@H]1CC(=O)SO1. The molecule has 1 atom stereocenters. The zero-order chi connectivity index (χ0) is 7.40. The smallest absolute Gasteiger partial charge is 0.218 e. The topological polar surface area (TPSA) is 26.3 Å². The zero-order valence-electron chi connectivity index (χ0n) is 6.13. The first-order valence-corrected chi connectivity index (χ1v) is 4.43. The molecule has 0 saturated carbocycles. The van der Waals surface area contributed by atoms with E-state index in [0.717, 1.165) is 18.5 Å². The predicted molar refractivity (Wildman–Crippen MR) is 41.6 cm³/mol. The summed E-state index contributed by atoms with van der Waals surface area (Å²) in [7, 11) is 0. The summed E-state index contributed by atoms with van der Waals surface area (Å²) in [5.74, 6) is 0. The third-order valence-electron chi connectivity index (χ3n) is 1.55. The van der Waals surface area contributed by atoms with Crippen molar-refractivity contribution >= 4 is 17.2 Å². The van der Waals surface area contributed by atoms with Gasteiger partial charge in [0.1, 0.15) is 0 Å². The van der Waals surface area contributed by atoms with Crippen molar-refractivity contribution < 1.29 is 8.98 Å². The van der Waals surface area contributed by atoms with Crippen molar-refractivity contribution in [2.75, 3.05) is 0 Å². The van der Waals surface area contributed by atoms with Gasteiger partial charge in [0.25, 0.3) is 0 Å². The van der Waals surface area contributed by atoms with Crippen molar-refractivity contribution in [2.24, 2.45) is 0 Å². The van der Waals surface area contributed by atoms with E-state index in [1.165, 1.54) is 12.8 Å². The highest BCUT2D eigenvalue weighted by atomic mass is 32.2. The third kappa shape index (κ3) is 2.31. The highest BCUT2D eigenvalue weighted by molar-refractivity contribution is 8.09. The summed E-state index contributed by atoms with van der Waals surface area (Å²) in [6, 6.07) is 0. The van der Waals surface area contributed by atoms with Crippen molar-refractivity contribution in [2.45, 2.75) is 38.7 Å². The average Bonchev–Trinajstić information content (AvgIpc) is 2.31. The van der Waals surface area contributed by atoms with Gasteiger partial charge in [0.15, 0.2) is 0 Å². The van der Waals surface area contributed by atoms with Crippen LogP contribution in [0.5, 0.6) is 0 Å². The van der Waals surface area contributed by atoms with Gasteiger partial charge < -0.3 is 4.18 Å². The first-order chi connectivity index (χ1) is 4.83. The van der Waals surface area contributed by atoms with E-state index in [2.05, 4.69) is 6.92 Å². The van der Waals surface area contributed by atoms with E-state index in [1.54, 1.807) is 0 Å². The molecule has 0 amide bonds. The van der Waals surface area contributed by atoms with Crippen LogP contribution in [0.2, 0.25) is 0 Å². The number of hydrogen-bond acceptors (Lipinski definition) is 3. The molecule has 58 valence electrons. The van der Waals surface area contributed by atoms with Crippen LogP contribution in [-0.2, 0) is 8.98 Å². The molecule has 0 unspecified atom stereocenters. The van der Waals surface area contributed by atoms with Crippen LogP contribution in [0.4, 0.5) is 0 Å². The summed E-state index contributed by atoms with van der Waals surface area (Å²) in [4.78, 5) is 10.7. The minimum atomic E-state index is 0.182. The zero-order valence-corrected chi connectivity index (χ0v) is 6.95. The third-order valence-corrected chi connectivity index (χ3v) is 2.27. The summed E-state index contributed by atoms with van der Waals surface area (Å²) in [5.41, 5.74) is 0. The Morgan fingerprint density at radius 1 is 1.80 bits per heavy atom. The fourth-order valence-corrected chi connectivity index (χ4v) is 1.62. The summed E-state index contributed by atoms with van der Waals surface area (Å²) in [5, 5.41) is 0.182. The highest BCUT2D eigenvalue weighted by Gasteiger charge is 2.23. The molecular formula is C7H12O2S. The Labute approximate surface area is 65.5 Å². The van der Waals surface area contributed by atoms with E-state index in [1.807, 2.05) is 0 Å². The molecule has 0 aliphatic carbocycles. The van der Waals surface area contributed by atoms with Crippen LogP contribution in [-0.4, -0.2) is 11.2 Å². The van der Waals surface area contributed by atoms with Crippen molar-refractivity contribution in [1.82, 2.24) is 0 Å². The molecule has 1 saturated heterocycles. The van der Waals surface area contributed by atoms with Crippen LogP contribution in [0.15, 0.2) is 0 Å². The number of unbranched alkanes of at least 4 members (excludes halogenated alkanes) is 1. The average molecular weight is 160 g/mol. The molecule has 1 rings (SSSR count). The molecular weight excluding hydrogens is 148 g/mol. The quantitative estimate of drug-likeness (QED) is 0.592. The van der Waals surface area contributed by atoms with Crippen LogP contribution in [0.25, 0.3) is 0 Å². The first kappa shape index (κ1) is 8.08. The summed E-state index contributed by atoms with van der Waals surface area (Å²) >= 11 is 1.02. The number of rotatable bonds is 3. The molecule has 0 bridgehead atoms. The molecule has 0 N–H and O–H groups in total. The molecule has 1 fully saturated rings. The molecule has 0 aromatic rings. The molecule has 0 spiro atoms. The van der Waals surface area contributed by atoms with Gasteiger partial charge in [-0.25, -0.2) is 0 Å². The largest absolute Gasteiger partial charge is 0.304 e. The Bertz CT molecular complexity index is 125. The van der Waals surface area contributed by atoms with Gasteiger partial charge in [0.2, 0.25) is 5.12 Å². The molecule has 0 aromatic carbocycles. The highest BCUT2D eigenvalue weighted by Crippen LogP contribution is 2.26. The van der Waals surface area contributed by atoms with E-state index in [4.69, 9.17) is 4.18 Å². The summed E-state index contributed by atoms with van der Waals surface area (Å²) in [6.07, 6.45) is 4.20. The van der Waals surface area contributed by atoms with Crippen molar-refractivity contribution in [3.05, 3.63) is 0 Å². The maximum atomic E-state index is 10.7. The second-order valence-electron chi connectivity index (χ2n) is 2.52. The summed E-state index contributed by atoms with van der Waals surface area (Å²) in [6.45, 7) is 2.14. The monoisotopic (exact) mass is 160 g/mol. The minimum Gasteiger partial charge on any atom is -0.304 e. The fraction of sp³-hybridized carbons (Fsp3) is 0.857. The van der Waals surface area contributed by atoms with Gasteiger partial charge in [0.05, 0.1) is 18.1 Å². The van der Waals surface area contributed by atoms with Gasteiger partial charge in [0, 0.05) is 6.42 Å². The van der Waals surface area contributed by atoms with Crippen LogP contribution in [0.1, 0.15) is 32.6 Å². The number of carbonyl (C=O) groups excluding carboxylic acids is 1. The minimum absolute atomic E-state index is 0.182. The van der Waals surface area contributed by atoms with E-state index in [0.29, 0.717) is 6.42 Å². The van der Waals surface area contributed by atoms with Crippen molar-refractivity contribution in [3.63, 3.8) is 0 Å². The van der Waals surface area contributed by atoms with Gasteiger partial charge in [-0.1, -0.05) is 19.8 Å². The molecule has 3 heteroatoms. The Kier molecular flexibility index (Phi) is 3.22. The second kappa shape index (κ2) is 3.98. The summed E-state index contributed by atoms with van der Waals surface area (Å²) < 4.78 is 5.13. The maximum absolute atomic E-state index is 10.7. The Hall–Kier alpha value is -0.0200. The Morgan fingerprint density at radius 3 is 3.10 bits per heavy atom. The first-order valence-electron chi connectivity index (χ1n) is 3.69. The number of hydrogen-bond donors (Lipinski definition) is 0. The van der Waals surface area contributed by atoms with Crippen molar-refractivity contribution in [3.8, 4) is 0 Å². The Balaban J connectivity index is 2.12. The lowest BCUT2D eigenvalue weighted by molar-refractivity contribution is -0.110. The molecule has 2 nitrogen and oxygen atoms in total. The van der Waals surface area contributed by atoms with Crippen LogP contribution in [0.3, 0.4) is 0 Å². The van der Waals surface area contributed by atoms with Gasteiger partial charge in [-0.2, -0.15) is 0 Å². The van der Waals surface area contributed by atoms with Crippen molar-refractivity contribution in [1.29, 1.82) is 0 Å². The van der Waals surface area contributed by atoms with Gasteiger partial charge in [-0.05, 0) is 6.42 Å². The Morgan fingerprint density at radius 2 is 2.60 bits per heavy atom. The second-order valence-corrected chi connectivity index (χ2v) is 3.33. The lowest BCUT2D eigenvalue weighted by Gasteiger charge is -2.03. The van der Waals surface area contributed by atoms with Gasteiger partial charge in [-0.15, -0.1) is 0 Å². The van der Waals surface area contributed by atoms with Gasteiger partial charge in [-0.3, -0.25) is 4.79 Å². The van der Waals surface area contributed by atoms with E-state index in [-0.39, 0.29) is 11.2 Å². The maximum Gasteiger partial charge on any atom is 0.218 e. The fourth-order valence-electron chi connectivity index (χ4n) is 0.958. The number of carbonyl (C=O) groups is 1.